The van der Waals surface area contributed by atoms with Crippen LogP contribution in [0.25, 0.3) is 0 Å². The van der Waals surface area contributed by atoms with Crippen LogP contribution in [-0.4, -0.2) is 35.2 Å². The SMILES string of the molecule is Cl.O=C(O)c1ccc(OCCC2CCCN2)cc1[N+](=O)[O-]. The number of hydrogen-bond donors (Lipinski definition) is 2. The zero-order valence-electron chi connectivity index (χ0n) is 11.3. The summed E-state index contributed by atoms with van der Waals surface area (Å²) in [7, 11) is 0. The molecule has 1 unspecified atom stereocenters. The standard InChI is InChI=1S/C13H16N2O5.ClH/c16-13(17)11-4-3-10(8-12(11)15(18)19)20-7-5-9-2-1-6-14-9;/h3-4,8-9,14H,1-2,5-7H2,(H,16,17);1H. The summed E-state index contributed by atoms with van der Waals surface area (Å²) in [6, 6.07) is 4.23. The fourth-order valence-electron chi connectivity index (χ4n) is 2.26. The van der Waals surface area contributed by atoms with E-state index in [2.05, 4.69) is 5.32 Å². The minimum absolute atomic E-state index is 0. The smallest absolute Gasteiger partial charge is 0.342 e. The Morgan fingerprint density at radius 2 is 2.29 bits per heavy atom. The van der Waals surface area contributed by atoms with Crippen LogP contribution < -0.4 is 10.1 Å². The van der Waals surface area contributed by atoms with Crippen LogP contribution >= 0.6 is 12.4 Å². The Bertz CT molecular complexity index is 517. The Hall–Kier alpha value is -1.86. The van der Waals surface area contributed by atoms with E-state index in [0.29, 0.717) is 18.4 Å². The number of carboxylic acid groups (broad SMARTS) is 1. The van der Waals surface area contributed by atoms with E-state index in [1.54, 1.807) is 0 Å². The molecule has 1 atom stereocenters. The van der Waals surface area contributed by atoms with Crippen LogP contribution in [0.15, 0.2) is 18.2 Å². The molecular weight excluding hydrogens is 300 g/mol. The number of carboxylic acids is 1. The first-order valence-electron chi connectivity index (χ1n) is 6.46. The number of nitro benzene ring substituents is 1. The number of nitro groups is 1. The van der Waals surface area contributed by atoms with Crippen LogP contribution in [-0.2, 0) is 0 Å². The van der Waals surface area contributed by atoms with Crippen molar-refractivity contribution in [3.05, 3.63) is 33.9 Å². The third-order valence-electron chi connectivity index (χ3n) is 3.29. The Labute approximate surface area is 127 Å². The third-order valence-corrected chi connectivity index (χ3v) is 3.29. The van der Waals surface area contributed by atoms with Crippen molar-refractivity contribution < 1.29 is 19.6 Å². The van der Waals surface area contributed by atoms with Crippen LogP contribution in [0, 0.1) is 10.1 Å². The number of ether oxygens (including phenoxy) is 1. The van der Waals surface area contributed by atoms with Gasteiger partial charge in [-0.1, -0.05) is 0 Å². The van der Waals surface area contributed by atoms with Crippen LogP contribution in [0.1, 0.15) is 29.6 Å². The topological polar surface area (TPSA) is 102 Å². The second-order valence-corrected chi connectivity index (χ2v) is 4.67. The molecule has 7 nitrogen and oxygen atoms in total. The summed E-state index contributed by atoms with van der Waals surface area (Å²) < 4.78 is 5.46. The molecule has 1 fully saturated rings. The van der Waals surface area contributed by atoms with Crippen LogP contribution in [0.4, 0.5) is 5.69 Å². The molecule has 1 aromatic carbocycles. The Morgan fingerprint density at radius 3 is 2.86 bits per heavy atom. The van der Waals surface area contributed by atoms with Gasteiger partial charge in [0, 0.05) is 6.04 Å². The Morgan fingerprint density at radius 1 is 1.52 bits per heavy atom. The van der Waals surface area contributed by atoms with Gasteiger partial charge in [0.25, 0.3) is 5.69 Å². The highest BCUT2D eigenvalue weighted by molar-refractivity contribution is 5.92. The summed E-state index contributed by atoms with van der Waals surface area (Å²) in [5.41, 5.74) is -0.784. The number of aromatic carboxylic acids is 1. The molecule has 2 N–H and O–H groups in total. The van der Waals surface area contributed by atoms with E-state index in [-0.39, 0.29) is 18.0 Å². The second-order valence-electron chi connectivity index (χ2n) is 4.67. The fourth-order valence-corrected chi connectivity index (χ4v) is 2.26. The maximum atomic E-state index is 10.9. The van der Waals surface area contributed by atoms with Crippen molar-refractivity contribution in [1.82, 2.24) is 5.32 Å². The number of rotatable bonds is 6. The lowest BCUT2D eigenvalue weighted by Gasteiger charge is -2.11. The number of carbonyl (C=O) groups is 1. The Balaban J connectivity index is 0.00000220. The van der Waals surface area contributed by atoms with Gasteiger partial charge in [0.1, 0.15) is 11.3 Å². The van der Waals surface area contributed by atoms with Crippen molar-refractivity contribution in [2.75, 3.05) is 13.2 Å². The number of benzene rings is 1. The van der Waals surface area contributed by atoms with Gasteiger partial charge in [0.15, 0.2) is 0 Å². The molecule has 1 heterocycles. The molecule has 1 aliphatic heterocycles. The molecule has 0 aliphatic carbocycles. The number of nitrogens with one attached hydrogen (secondary N) is 1. The van der Waals surface area contributed by atoms with Gasteiger partial charge in [-0.3, -0.25) is 10.1 Å². The summed E-state index contributed by atoms with van der Waals surface area (Å²) >= 11 is 0. The van der Waals surface area contributed by atoms with Gasteiger partial charge in [-0.15, -0.1) is 12.4 Å². The molecule has 0 amide bonds. The minimum Gasteiger partial charge on any atom is -0.493 e. The molecule has 0 spiro atoms. The third kappa shape index (κ3) is 4.57. The lowest BCUT2D eigenvalue weighted by atomic mass is 10.1. The quantitative estimate of drug-likeness (QED) is 0.616. The van der Waals surface area contributed by atoms with E-state index in [4.69, 9.17) is 9.84 Å². The predicted molar refractivity (Wildman–Crippen MR) is 78.4 cm³/mol. The van der Waals surface area contributed by atoms with E-state index in [9.17, 15) is 14.9 Å². The van der Waals surface area contributed by atoms with Crippen LogP contribution in [0.3, 0.4) is 0 Å². The lowest BCUT2D eigenvalue weighted by Crippen LogP contribution is -2.23. The summed E-state index contributed by atoms with van der Waals surface area (Å²) in [6.07, 6.45) is 3.10. The predicted octanol–water partition coefficient (Wildman–Crippen LogP) is 2.24. The van der Waals surface area contributed by atoms with Crippen LogP contribution in [0.5, 0.6) is 5.75 Å². The molecule has 0 radical (unpaired) electrons. The van der Waals surface area contributed by atoms with Gasteiger partial charge in [0.05, 0.1) is 17.6 Å². The summed E-state index contributed by atoms with van der Waals surface area (Å²) in [6.45, 7) is 1.46. The lowest BCUT2D eigenvalue weighted by molar-refractivity contribution is -0.385. The van der Waals surface area contributed by atoms with Crippen molar-refractivity contribution in [3.8, 4) is 5.75 Å². The van der Waals surface area contributed by atoms with Crippen molar-refractivity contribution in [2.45, 2.75) is 25.3 Å². The maximum absolute atomic E-state index is 10.9. The maximum Gasteiger partial charge on any atom is 0.342 e. The van der Waals surface area contributed by atoms with Crippen molar-refractivity contribution in [3.63, 3.8) is 0 Å². The minimum atomic E-state index is -1.32. The highest BCUT2D eigenvalue weighted by Crippen LogP contribution is 2.25. The average Bonchev–Trinajstić information content (AvgIpc) is 2.91. The van der Waals surface area contributed by atoms with E-state index in [1.807, 2.05) is 0 Å². The van der Waals surface area contributed by atoms with Crippen molar-refractivity contribution in [2.24, 2.45) is 0 Å². The summed E-state index contributed by atoms with van der Waals surface area (Å²) in [5.74, 6) is -1.00. The molecule has 0 bridgehead atoms. The molecule has 1 saturated heterocycles. The molecule has 8 heteroatoms. The molecule has 1 aliphatic rings. The largest absolute Gasteiger partial charge is 0.493 e. The zero-order valence-corrected chi connectivity index (χ0v) is 12.1. The fraction of sp³-hybridized carbons (Fsp3) is 0.462. The highest BCUT2D eigenvalue weighted by Gasteiger charge is 2.20. The van der Waals surface area contributed by atoms with E-state index in [0.717, 1.165) is 31.9 Å². The van der Waals surface area contributed by atoms with Gasteiger partial charge in [0.2, 0.25) is 0 Å². The normalized spacial score (nSPS) is 17.0. The van der Waals surface area contributed by atoms with E-state index < -0.39 is 16.6 Å². The molecule has 116 valence electrons. The molecule has 0 aromatic heterocycles. The molecule has 2 rings (SSSR count). The summed E-state index contributed by atoms with van der Waals surface area (Å²) in [4.78, 5) is 21.0. The van der Waals surface area contributed by atoms with Gasteiger partial charge in [-0.2, -0.15) is 0 Å². The van der Waals surface area contributed by atoms with Gasteiger partial charge in [-0.05, 0) is 37.9 Å². The first kappa shape index (κ1) is 17.2. The zero-order chi connectivity index (χ0) is 14.5. The molecule has 0 saturated carbocycles. The molecule has 1 aromatic rings. The summed E-state index contributed by atoms with van der Waals surface area (Å²) in [5, 5.41) is 23.0. The number of halogens is 1. The van der Waals surface area contributed by atoms with Crippen LogP contribution in [0.2, 0.25) is 0 Å². The number of hydrogen-bond acceptors (Lipinski definition) is 5. The first-order valence-corrected chi connectivity index (χ1v) is 6.46. The van der Waals surface area contributed by atoms with Gasteiger partial charge >= 0.3 is 5.97 Å². The van der Waals surface area contributed by atoms with Crippen molar-refractivity contribution >= 4 is 24.1 Å². The Kier molecular flexibility index (Phi) is 6.39. The second kappa shape index (κ2) is 7.80. The monoisotopic (exact) mass is 316 g/mol. The van der Waals surface area contributed by atoms with Gasteiger partial charge < -0.3 is 15.2 Å². The molecular formula is C13H17ClN2O5. The molecule has 21 heavy (non-hydrogen) atoms. The van der Waals surface area contributed by atoms with E-state index >= 15 is 0 Å². The van der Waals surface area contributed by atoms with Crippen molar-refractivity contribution in [1.29, 1.82) is 0 Å². The average molecular weight is 317 g/mol. The van der Waals surface area contributed by atoms with Gasteiger partial charge in [-0.25, -0.2) is 4.79 Å². The first-order chi connectivity index (χ1) is 9.58. The number of nitrogens with zero attached hydrogens (tertiary/aromatic N) is 1. The van der Waals surface area contributed by atoms with E-state index in [1.165, 1.54) is 12.1 Å². The highest BCUT2D eigenvalue weighted by atomic mass is 35.5.